The van der Waals surface area contributed by atoms with Crippen molar-refractivity contribution in [3.8, 4) is 0 Å². The molecular weight excluding hydrogens is 368 g/mol. The van der Waals surface area contributed by atoms with E-state index in [0.29, 0.717) is 19.4 Å². The van der Waals surface area contributed by atoms with Crippen LogP contribution in [0.1, 0.15) is 53.4 Å². The van der Waals surface area contributed by atoms with E-state index in [4.69, 9.17) is 4.74 Å². The van der Waals surface area contributed by atoms with Crippen LogP contribution in [0.15, 0.2) is 23.8 Å². The Morgan fingerprint density at radius 1 is 1.34 bits per heavy atom. The van der Waals surface area contributed by atoms with Crippen molar-refractivity contribution in [3.63, 3.8) is 0 Å². The number of carbonyl (C=O) groups excluding carboxylic acids is 2. The average Bonchev–Trinajstić information content (AvgIpc) is 2.93. The van der Waals surface area contributed by atoms with E-state index in [0.717, 1.165) is 18.4 Å². The summed E-state index contributed by atoms with van der Waals surface area (Å²) in [7, 11) is 0. The Morgan fingerprint density at radius 3 is 2.76 bits per heavy atom. The molecule has 0 amide bonds. The van der Waals surface area contributed by atoms with Crippen molar-refractivity contribution in [2.75, 3.05) is 13.2 Å². The quantitative estimate of drug-likeness (QED) is 0.755. The monoisotopic (exact) mass is 402 g/mol. The summed E-state index contributed by atoms with van der Waals surface area (Å²) in [5.74, 6) is 0.365. The molecule has 0 aromatic rings. The third-order valence-electron chi connectivity index (χ3n) is 8.87. The Hall–Kier alpha value is -1.30. The molecule has 0 heterocycles. The number of aliphatic hydroxyl groups is 2. The van der Waals surface area contributed by atoms with E-state index in [-0.39, 0.29) is 47.3 Å². The second kappa shape index (κ2) is 6.86. The molecule has 0 saturated heterocycles. The number of aliphatic hydroxyl groups excluding tert-OH is 1. The Kier molecular flexibility index (Phi) is 4.96. The second-order valence-electron chi connectivity index (χ2n) is 10.2. The van der Waals surface area contributed by atoms with E-state index < -0.39 is 17.1 Å². The highest BCUT2D eigenvalue weighted by Crippen LogP contribution is 2.67. The van der Waals surface area contributed by atoms with Gasteiger partial charge in [0.2, 0.25) is 0 Å². The molecule has 29 heavy (non-hydrogen) atoms. The van der Waals surface area contributed by atoms with Crippen LogP contribution in [0.25, 0.3) is 0 Å². The van der Waals surface area contributed by atoms with Gasteiger partial charge < -0.3 is 14.9 Å². The summed E-state index contributed by atoms with van der Waals surface area (Å²) in [5, 5.41) is 22.9. The number of rotatable bonds is 4. The largest absolute Gasteiger partial charge is 0.393 e. The highest BCUT2D eigenvalue weighted by atomic mass is 16.5. The number of ether oxygens (including phenoxy) is 1. The van der Waals surface area contributed by atoms with Crippen LogP contribution in [-0.4, -0.2) is 46.7 Å². The van der Waals surface area contributed by atoms with E-state index >= 15 is 0 Å². The van der Waals surface area contributed by atoms with E-state index in [2.05, 4.69) is 13.8 Å². The van der Waals surface area contributed by atoms with E-state index in [1.807, 2.05) is 19.9 Å². The molecule has 160 valence electrons. The van der Waals surface area contributed by atoms with Crippen molar-refractivity contribution < 1.29 is 24.5 Å². The van der Waals surface area contributed by atoms with Crippen LogP contribution < -0.4 is 0 Å². The van der Waals surface area contributed by atoms with Gasteiger partial charge in [-0.3, -0.25) is 9.59 Å². The topological polar surface area (TPSA) is 83.8 Å². The number of hydrogen-bond acceptors (Lipinski definition) is 5. The minimum absolute atomic E-state index is 0.00304. The summed E-state index contributed by atoms with van der Waals surface area (Å²) in [4.78, 5) is 24.9. The molecule has 0 unspecified atom stereocenters. The van der Waals surface area contributed by atoms with Crippen LogP contribution in [-0.2, 0) is 14.3 Å². The lowest BCUT2D eigenvalue weighted by Gasteiger charge is -2.60. The van der Waals surface area contributed by atoms with Crippen molar-refractivity contribution in [3.05, 3.63) is 23.8 Å². The van der Waals surface area contributed by atoms with Gasteiger partial charge in [0.1, 0.15) is 12.2 Å². The molecule has 5 nitrogen and oxygen atoms in total. The predicted octanol–water partition coefficient (Wildman–Crippen LogP) is 2.85. The van der Waals surface area contributed by atoms with Gasteiger partial charge in [-0.25, -0.2) is 0 Å². The van der Waals surface area contributed by atoms with Gasteiger partial charge in [0, 0.05) is 23.4 Å². The van der Waals surface area contributed by atoms with Gasteiger partial charge in [-0.1, -0.05) is 32.4 Å². The van der Waals surface area contributed by atoms with Gasteiger partial charge in [0.05, 0.1) is 6.10 Å². The zero-order valence-electron chi connectivity index (χ0n) is 18.0. The highest BCUT2D eigenvalue weighted by molar-refractivity contribution is 6.01. The molecule has 4 aliphatic rings. The lowest BCUT2D eigenvalue weighted by Crippen LogP contribution is -2.62. The fourth-order valence-electron chi connectivity index (χ4n) is 7.53. The third-order valence-corrected chi connectivity index (χ3v) is 8.87. The third kappa shape index (κ3) is 2.77. The highest BCUT2D eigenvalue weighted by Gasteiger charge is 2.68. The first-order valence-electron chi connectivity index (χ1n) is 11.0. The first-order valence-corrected chi connectivity index (χ1v) is 11.0. The van der Waals surface area contributed by atoms with Crippen LogP contribution in [0, 0.1) is 34.5 Å². The van der Waals surface area contributed by atoms with E-state index in [1.54, 1.807) is 12.2 Å². The molecule has 0 radical (unpaired) electrons. The smallest absolute Gasteiger partial charge is 0.190 e. The second-order valence-corrected chi connectivity index (χ2v) is 10.2. The van der Waals surface area contributed by atoms with Gasteiger partial charge in [0.25, 0.3) is 0 Å². The van der Waals surface area contributed by atoms with Gasteiger partial charge in [0.15, 0.2) is 11.6 Å². The van der Waals surface area contributed by atoms with Crippen molar-refractivity contribution in [2.45, 2.75) is 65.1 Å². The van der Waals surface area contributed by atoms with Gasteiger partial charge in [-0.15, -0.1) is 0 Å². The fourth-order valence-corrected chi connectivity index (χ4v) is 7.53. The molecule has 0 aliphatic heterocycles. The van der Waals surface area contributed by atoms with Gasteiger partial charge >= 0.3 is 0 Å². The Labute approximate surface area is 173 Å². The van der Waals surface area contributed by atoms with Crippen LogP contribution >= 0.6 is 0 Å². The summed E-state index contributed by atoms with van der Waals surface area (Å²) in [6.45, 7) is 8.49. The van der Waals surface area contributed by atoms with E-state index in [9.17, 15) is 19.8 Å². The Bertz CT molecular complexity index is 784. The molecular formula is C24H34O5. The molecule has 2 N–H and O–H groups in total. The standard InChI is InChI=1S/C24H34O5/c1-5-29-13-20(27)24(28)9-7-17-16-10-14(2)18-11-15(25)6-8-22(18,3)21(16)19(26)12-23(17,24)4/h6,8,11,14,16-17,19,21,26,28H,5,7,9-10,12-13H2,1-4H3/t14-,16-,17-,19-,21+,22-,23-,24-/m0/s1. The summed E-state index contributed by atoms with van der Waals surface area (Å²) in [6.07, 6.45) is 7.23. The molecule has 0 bridgehead atoms. The lowest BCUT2D eigenvalue weighted by atomic mass is 9.45. The van der Waals surface area contributed by atoms with Crippen LogP contribution in [0.3, 0.4) is 0 Å². The minimum Gasteiger partial charge on any atom is -0.393 e. The summed E-state index contributed by atoms with van der Waals surface area (Å²) in [5.41, 5.74) is -1.34. The van der Waals surface area contributed by atoms with Crippen molar-refractivity contribution in [2.24, 2.45) is 34.5 Å². The zero-order chi connectivity index (χ0) is 21.2. The number of Topliss-reactive ketones (excluding diaryl/α,β-unsaturated/α-hetero) is 1. The molecule has 0 aromatic carbocycles. The first kappa shape index (κ1) is 21.0. The van der Waals surface area contributed by atoms with Crippen LogP contribution in [0.4, 0.5) is 0 Å². The maximum atomic E-state index is 12.9. The van der Waals surface area contributed by atoms with Crippen molar-refractivity contribution in [1.29, 1.82) is 0 Å². The van der Waals surface area contributed by atoms with Gasteiger partial charge in [-0.05, 0) is 62.5 Å². The first-order chi connectivity index (χ1) is 13.6. The van der Waals surface area contributed by atoms with Gasteiger partial charge in [-0.2, -0.15) is 0 Å². The van der Waals surface area contributed by atoms with E-state index in [1.165, 1.54) is 0 Å². The zero-order valence-corrected chi connectivity index (χ0v) is 18.0. The summed E-state index contributed by atoms with van der Waals surface area (Å²) < 4.78 is 5.32. The normalized spacial score (nSPS) is 48.6. The fraction of sp³-hybridized carbons (Fsp3) is 0.750. The number of hydrogen-bond donors (Lipinski definition) is 2. The van der Waals surface area contributed by atoms with Crippen LogP contribution in [0.5, 0.6) is 0 Å². The van der Waals surface area contributed by atoms with Crippen molar-refractivity contribution in [1.82, 2.24) is 0 Å². The predicted molar refractivity (Wildman–Crippen MR) is 109 cm³/mol. The number of fused-ring (bicyclic) bond motifs is 5. The molecule has 0 spiro atoms. The Balaban J connectivity index is 1.71. The molecule has 3 fully saturated rings. The molecule has 3 saturated carbocycles. The maximum absolute atomic E-state index is 12.9. The average molecular weight is 403 g/mol. The number of allylic oxidation sites excluding steroid dienone is 4. The molecule has 0 aromatic heterocycles. The lowest BCUT2D eigenvalue weighted by molar-refractivity contribution is -0.181. The maximum Gasteiger partial charge on any atom is 0.190 e. The minimum atomic E-state index is -1.45. The summed E-state index contributed by atoms with van der Waals surface area (Å²) >= 11 is 0. The van der Waals surface area contributed by atoms with Crippen molar-refractivity contribution >= 4 is 11.6 Å². The molecule has 4 rings (SSSR count). The summed E-state index contributed by atoms with van der Waals surface area (Å²) in [6, 6.07) is 0. The molecule has 5 heteroatoms. The molecule has 8 atom stereocenters. The molecule has 4 aliphatic carbocycles. The Morgan fingerprint density at radius 2 is 2.07 bits per heavy atom. The number of ketones is 2. The van der Waals surface area contributed by atoms with Crippen LogP contribution in [0.2, 0.25) is 0 Å². The number of carbonyl (C=O) groups is 2. The SMILES string of the molecule is CCOCC(=O)[C@@]1(O)CC[C@H]2[C@@H]3C[C@H](C)C4=CC(=O)C=C[C@]4(C)[C@H]3[C@@H](O)C[C@@]21C.